The second-order valence-corrected chi connectivity index (χ2v) is 6.68. The monoisotopic (exact) mass is 306 g/mol. The fourth-order valence-corrected chi connectivity index (χ4v) is 2.79. The minimum Gasteiger partial charge on any atom is -0.315 e. The van der Waals surface area contributed by atoms with Gasteiger partial charge >= 0.3 is 0 Å². The number of hydrogen-bond donors (Lipinski definition) is 2. The Labute approximate surface area is 118 Å². The molecule has 0 aromatic heterocycles. The molecule has 1 rings (SSSR count). The summed E-state index contributed by atoms with van der Waals surface area (Å²) in [7, 11) is -3.66. The summed E-state index contributed by atoms with van der Waals surface area (Å²) in [5.41, 5.74) is -0.356. The van der Waals surface area contributed by atoms with Gasteiger partial charge in [-0.05, 0) is 31.5 Å². The van der Waals surface area contributed by atoms with Gasteiger partial charge in [-0.2, -0.15) is 0 Å². The maximum Gasteiger partial charge on any atom is 0.232 e. The van der Waals surface area contributed by atoms with E-state index < -0.39 is 21.7 Å². The highest BCUT2D eigenvalue weighted by molar-refractivity contribution is 7.92. The van der Waals surface area contributed by atoms with Gasteiger partial charge in [-0.25, -0.2) is 17.2 Å². The zero-order valence-electron chi connectivity index (χ0n) is 11.6. The van der Waals surface area contributed by atoms with Crippen molar-refractivity contribution in [1.82, 2.24) is 5.32 Å². The number of unbranched alkanes of at least 4 members (excludes halogenated alkanes) is 1. The molecule has 0 atom stereocenters. The molecular weight excluding hydrogens is 286 g/mol. The van der Waals surface area contributed by atoms with Gasteiger partial charge in [-0.15, -0.1) is 0 Å². The number of nitrogens with one attached hydrogen (secondary N) is 2. The van der Waals surface area contributed by atoms with Crippen molar-refractivity contribution in [3.05, 3.63) is 29.8 Å². The Morgan fingerprint density at radius 3 is 2.55 bits per heavy atom. The topological polar surface area (TPSA) is 58.2 Å². The van der Waals surface area contributed by atoms with Crippen molar-refractivity contribution in [1.29, 1.82) is 0 Å². The van der Waals surface area contributed by atoms with Crippen LogP contribution in [0.15, 0.2) is 18.2 Å². The number of hydrogen-bond acceptors (Lipinski definition) is 3. The van der Waals surface area contributed by atoms with Crippen molar-refractivity contribution in [2.24, 2.45) is 0 Å². The number of sulfonamides is 1. The summed E-state index contributed by atoms with van der Waals surface area (Å²) in [6.45, 7) is 4.73. The Morgan fingerprint density at radius 1 is 1.20 bits per heavy atom. The van der Waals surface area contributed by atoms with Crippen LogP contribution in [0.3, 0.4) is 0 Å². The molecule has 0 radical (unpaired) electrons. The van der Waals surface area contributed by atoms with Crippen LogP contribution < -0.4 is 10.0 Å². The first-order valence-electron chi connectivity index (χ1n) is 6.50. The van der Waals surface area contributed by atoms with E-state index in [0.29, 0.717) is 18.9 Å². The molecule has 0 heterocycles. The summed E-state index contributed by atoms with van der Waals surface area (Å²) >= 11 is 0. The molecule has 1 aromatic rings. The lowest BCUT2D eigenvalue weighted by Gasteiger charge is -2.10. The normalized spacial score (nSPS) is 11.8. The molecule has 4 nitrogen and oxygen atoms in total. The highest BCUT2D eigenvalue weighted by Gasteiger charge is 2.14. The van der Waals surface area contributed by atoms with E-state index in [2.05, 4.69) is 10.0 Å². The van der Waals surface area contributed by atoms with Crippen molar-refractivity contribution in [2.75, 3.05) is 17.0 Å². The number of rotatable bonds is 8. The standard InChI is InChI=1S/C13H20F2N2O2S/c1-10(2)16-8-3-4-9-20(18,19)17-12-7-5-6-11(14)13(12)15/h5-7,10,16-17H,3-4,8-9H2,1-2H3. The zero-order chi connectivity index (χ0) is 15.2. The average molecular weight is 306 g/mol. The first-order chi connectivity index (χ1) is 9.32. The van der Waals surface area contributed by atoms with E-state index in [-0.39, 0.29) is 11.4 Å². The van der Waals surface area contributed by atoms with Gasteiger partial charge in [-0.3, -0.25) is 4.72 Å². The fourth-order valence-electron chi connectivity index (χ4n) is 1.61. The summed E-state index contributed by atoms with van der Waals surface area (Å²) in [6, 6.07) is 3.73. The average Bonchev–Trinajstić information content (AvgIpc) is 2.34. The van der Waals surface area contributed by atoms with Crippen LogP contribution in [-0.4, -0.2) is 26.8 Å². The second-order valence-electron chi connectivity index (χ2n) is 4.84. The summed E-state index contributed by atoms with van der Waals surface area (Å²) in [6.07, 6.45) is 1.15. The van der Waals surface area contributed by atoms with Gasteiger partial charge in [0.2, 0.25) is 10.0 Å². The van der Waals surface area contributed by atoms with Crippen LogP contribution >= 0.6 is 0 Å². The van der Waals surface area contributed by atoms with Crippen molar-refractivity contribution in [3.8, 4) is 0 Å². The van der Waals surface area contributed by atoms with Crippen LogP contribution in [0.25, 0.3) is 0 Å². The predicted molar refractivity (Wildman–Crippen MR) is 76.1 cm³/mol. The maximum absolute atomic E-state index is 13.4. The minimum absolute atomic E-state index is 0.122. The molecule has 0 aliphatic heterocycles. The minimum atomic E-state index is -3.66. The molecule has 2 N–H and O–H groups in total. The Hall–Kier alpha value is -1.21. The largest absolute Gasteiger partial charge is 0.315 e. The third-order valence-corrected chi connectivity index (χ3v) is 3.97. The van der Waals surface area contributed by atoms with Gasteiger partial charge in [0.05, 0.1) is 11.4 Å². The van der Waals surface area contributed by atoms with E-state index in [1.807, 2.05) is 13.8 Å². The smallest absolute Gasteiger partial charge is 0.232 e. The Bertz CT molecular complexity index is 533. The van der Waals surface area contributed by atoms with E-state index in [0.717, 1.165) is 12.6 Å². The Morgan fingerprint density at radius 2 is 1.90 bits per heavy atom. The Balaban J connectivity index is 2.47. The van der Waals surface area contributed by atoms with Crippen LogP contribution in [-0.2, 0) is 10.0 Å². The molecular formula is C13H20F2N2O2S. The van der Waals surface area contributed by atoms with Crippen molar-refractivity contribution >= 4 is 15.7 Å². The lowest BCUT2D eigenvalue weighted by molar-refractivity contribution is 0.511. The molecule has 0 unspecified atom stereocenters. The summed E-state index contributed by atoms with van der Waals surface area (Å²) < 4.78 is 51.9. The molecule has 0 aliphatic rings. The van der Waals surface area contributed by atoms with Crippen LogP contribution in [0.2, 0.25) is 0 Å². The van der Waals surface area contributed by atoms with Gasteiger partial charge in [0, 0.05) is 6.04 Å². The molecule has 0 bridgehead atoms. The molecule has 0 amide bonds. The number of benzene rings is 1. The molecule has 114 valence electrons. The fraction of sp³-hybridized carbons (Fsp3) is 0.538. The van der Waals surface area contributed by atoms with E-state index >= 15 is 0 Å². The van der Waals surface area contributed by atoms with Crippen molar-refractivity contribution in [3.63, 3.8) is 0 Å². The molecule has 0 saturated heterocycles. The maximum atomic E-state index is 13.4. The molecule has 20 heavy (non-hydrogen) atoms. The lowest BCUT2D eigenvalue weighted by atomic mass is 10.3. The highest BCUT2D eigenvalue weighted by Crippen LogP contribution is 2.18. The lowest BCUT2D eigenvalue weighted by Crippen LogP contribution is -2.24. The van der Waals surface area contributed by atoms with Crippen LogP contribution in [0, 0.1) is 11.6 Å². The van der Waals surface area contributed by atoms with Gasteiger partial charge in [0.25, 0.3) is 0 Å². The molecule has 0 spiro atoms. The van der Waals surface area contributed by atoms with Gasteiger partial charge < -0.3 is 5.32 Å². The summed E-state index contributed by atoms with van der Waals surface area (Å²) in [5.74, 6) is -2.38. The van der Waals surface area contributed by atoms with Crippen LogP contribution in [0.1, 0.15) is 26.7 Å². The van der Waals surface area contributed by atoms with Gasteiger partial charge in [0.1, 0.15) is 0 Å². The summed E-state index contributed by atoms with van der Waals surface area (Å²) in [5, 5.41) is 3.17. The van der Waals surface area contributed by atoms with Crippen molar-refractivity contribution < 1.29 is 17.2 Å². The van der Waals surface area contributed by atoms with E-state index in [4.69, 9.17) is 0 Å². The first kappa shape index (κ1) is 16.8. The second kappa shape index (κ2) is 7.54. The van der Waals surface area contributed by atoms with Crippen molar-refractivity contribution in [2.45, 2.75) is 32.7 Å². The third kappa shape index (κ3) is 5.83. The van der Waals surface area contributed by atoms with Gasteiger partial charge in [0.15, 0.2) is 11.6 Å². The molecule has 0 fully saturated rings. The van der Waals surface area contributed by atoms with Crippen LogP contribution in [0.4, 0.5) is 14.5 Å². The molecule has 1 aromatic carbocycles. The third-order valence-electron chi connectivity index (χ3n) is 2.61. The highest BCUT2D eigenvalue weighted by atomic mass is 32.2. The van der Waals surface area contributed by atoms with Gasteiger partial charge in [-0.1, -0.05) is 19.9 Å². The first-order valence-corrected chi connectivity index (χ1v) is 8.15. The van der Waals surface area contributed by atoms with E-state index in [1.165, 1.54) is 12.1 Å². The molecule has 0 aliphatic carbocycles. The molecule has 0 saturated carbocycles. The van der Waals surface area contributed by atoms with E-state index in [1.54, 1.807) is 0 Å². The Kier molecular flexibility index (Phi) is 6.35. The van der Waals surface area contributed by atoms with Crippen LogP contribution in [0.5, 0.6) is 0 Å². The predicted octanol–water partition coefficient (Wildman–Crippen LogP) is 2.48. The summed E-state index contributed by atoms with van der Waals surface area (Å²) in [4.78, 5) is 0. The van der Waals surface area contributed by atoms with E-state index in [9.17, 15) is 17.2 Å². The molecule has 7 heteroatoms. The quantitative estimate of drug-likeness (QED) is 0.726. The number of halogens is 2. The zero-order valence-corrected chi connectivity index (χ0v) is 12.4. The SMILES string of the molecule is CC(C)NCCCCS(=O)(=O)Nc1cccc(F)c1F. The number of anilines is 1.